The third-order valence-electron chi connectivity index (χ3n) is 2.64. The first-order valence-electron chi connectivity index (χ1n) is 5.78. The maximum atomic E-state index is 9.47. The van der Waals surface area contributed by atoms with Gasteiger partial charge in [-0.3, -0.25) is 0 Å². The standard InChI is InChI=1S/C13H13ClIN3O2/c1-16-13-11(15)9(6-20-2)17-12(18-13)7-3-4-10(19)8(14)5-7/h3-5,19H,6H2,1-2H3,(H,16,17,18). The molecule has 0 saturated heterocycles. The van der Waals surface area contributed by atoms with Gasteiger partial charge in [0.15, 0.2) is 5.82 Å². The van der Waals surface area contributed by atoms with Crippen molar-refractivity contribution in [3.05, 3.63) is 32.5 Å². The van der Waals surface area contributed by atoms with E-state index in [1.165, 1.54) is 6.07 Å². The molecule has 1 aromatic heterocycles. The Morgan fingerprint density at radius 3 is 2.75 bits per heavy atom. The highest BCUT2D eigenvalue weighted by atomic mass is 127. The van der Waals surface area contributed by atoms with Crippen LogP contribution >= 0.6 is 34.2 Å². The average molecular weight is 406 g/mol. The van der Waals surface area contributed by atoms with Crippen molar-refractivity contribution in [1.82, 2.24) is 9.97 Å². The number of aromatic nitrogens is 2. The van der Waals surface area contributed by atoms with E-state index in [-0.39, 0.29) is 10.8 Å². The van der Waals surface area contributed by atoms with Crippen molar-refractivity contribution in [2.75, 3.05) is 19.5 Å². The number of phenols is 1. The summed E-state index contributed by atoms with van der Waals surface area (Å²) in [5, 5.41) is 12.8. The summed E-state index contributed by atoms with van der Waals surface area (Å²) in [5.74, 6) is 1.29. The van der Waals surface area contributed by atoms with Crippen molar-refractivity contribution < 1.29 is 9.84 Å². The van der Waals surface area contributed by atoms with Crippen LogP contribution in [0.4, 0.5) is 5.82 Å². The molecule has 0 bridgehead atoms. The molecule has 0 atom stereocenters. The number of methoxy groups -OCH3 is 1. The van der Waals surface area contributed by atoms with Crippen LogP contribution in [-0.2, 0) is 11.3 Å². The van der Waals surface area contributed by atoms with Gasteiger partial charge in [0.2, 0.25) is 0 Å². The molecule has 0 radical (unpaired) electrons. The maximum Gasteiger partial charge on any atom is 0.161 e. The fraction of sp³-hybridized carbons (Fsp3) is 0.231. The Kier molecular flexibility index (Phi) is 5.00. The van der Waals surface area contributed by atoms with E-state index < -0.39 is 0 Å². The Hall–Kier alpha value is -1.12. The van der Waals surface area contributed by atoms with Gasteiger partial charge in [0, 0.05) is 19.7 Å². The van der Waals surface area contributed by atoms with Crippen molar-refractivity contribution in [2.24, 2.45) is 0 Å². The highest BCUT2D eigenvalue weighted by Crippen LogP contribution is 2.29. The number of benzene rings is 1. The quantitative estimate of drug-likeness (QED) is 0.764. The summed E-state index contributed by atoms with van der Waals surface area (Å²) in [6.45, 7) is 0.397. The molecule has 0 aliphatic carbocycles. The lowest BCUT2D eigenvalue weighted by Crippen LogP contribution is -2.06. The van der Waals surface area contributed by atoms with Crippen molar-refractivity contribution in [3.63, 3.8) is 0 Å². The van der Waals surface area contributed by atoms with Crippen molar-refractivity contribution in [3.8, 4) is 17.1 Å². The fourth-order valence-corrected chi connectivity index (χ4v) is 2.51. The minimum Gasteiger partial charge on any atom is -0.506 e. The zero-order valence-electron chi connectivity index (χ0n) is 10.9. The lowest BCUT2D eigenvalue weighted by atomic mass is 10.2. The van der Waals surface area contributed by atoms with E-state index in [9.17, 15) is 5.11 Å². The van der Waals surface area contributed by atoms with Gasteiger partial charge in [-0.05, 0) is 40.8 Å². The number of anilines is 1. The summed E-state index contributed by atoms with van der Waals surface area (Å²) in [7, 11) is 3.42. The van der Waals surface area contributed by atoms with Gasteiger partial charge in [0.25, 0.3) is 0 Å². The van der Waals surface area contributed by atoms with E-state index in [0.717, 1.165) is 20.6 Å². The molecule has 1 heterocycles. The van der Waals surface area contributed by atoms with E-state index in [1.807, 2.05) is 0 Å². The van der Waals surface area contributed by atoms with E-state index in [0.29, 0.717) is 12.4 Å². The van der Waals surface area contributed by atoms with Crippen LogP contribution in [0.3, 0.4) is 0 Å². The number of nitrogens with zero attached hydrogens (tertiary/aromatic N) is 2. The van der Waals surface area contributed by atoms with E-state index in [4.69, 9.17) is 16.3 Å². The first-order chi connectivity index (χ1) is 9.56. The molecule has 0 aliphatic heterocycles. The molecule has 0 aliphatic rings. The van der Waals surface area contributed by atoms with Gasteiger partial charge in [-0.1, -0.05) is 11.6 Å². The Balaban J connectivity index is 2.55. The molecule has 0 unspecified atom stereocenters. The highest BCUT2D eigenvalue weighted by Gasteiger charge is 2.13. The lowest BCUT2D eigenvalue weighted by Gasteiger charge is -2.11. The fourth-order valence-electron chi connectivity index (χ4n) is 1.67. The lowest BCUT2D eigenvalue weighted by molar-refractivity contribution is 0.181. The molecule has 106 valence electrons. The first kappa shape index (κ1) is 15.3. The molecular weight excluding hydrogens is 393 g/mol. The molecule has 1 aromatic carbocycles. The molecule has 2 aromatic rings. The first-order valence-corrected chi connectivity index (χ1v) is 7.24. The van der Waals surface area contributed by atoms with Crippen LogP contribution in [0.2, 0.25) is 5.02 Å². The van der Waals surface area contributed by atoms with Gasteiger partial charge in [-0.25, -0.2) is 9.97 Å². The number of hydrogen-bond acceptors (Lipinski definition) is 5. The topological polar surface area (TPSA) is 67.3 Å². The Morgan fingerprint density at radius 1 is 1.40 bits per heavy atom. The van der Waals surface area contributed by atoms with Crippen molar-refractivity contribution in [1.29, 1.82) is 0 Å². The van der Waals surface area contributed by atoms with Crippen molar-refractivity contribution in [2.45, 2.75) is 6.61 Å². The molecular formula is C13H13ClIN3O2. The van der Waals surface area contributed by atoms with Gasteiger partial charge < -0.3 is 15.2 Å². The van der Waals surface area contributed by atoms with Gasteiger partial charge >= 0.3 is 0 Å². The highest BCUT2D eigenvalue weighted by molar-refractivity contribution is 14.1. The summed E-state index contributed by atoms with van der Waals surface area (Å²) >= 11 is 8.10. The van der Waals surface area contributed by atoms with E-state index in [1.54, 1.807) is 26.3 Å². The number of phenolic OH excluding ortho intramolecular Hbond substituents is 1. The van der Waals surface area contributed by atoms with E-state index in [2.05, 4.69) is 37.9 Å². The summed E-state index contributed by atoms with van der Waals surface area (Å²) in [5.41, 5.74) is 1.53. The van der Waals surface area contributed by atoms with Crippen LogP contribution in [0.25, 0.3) is 11.4 Å². The molecule has 0 fully saturated rings. The minimum atomic E-state index is 0.0342. The van der Waals surface area contributed by atoms with Crippen LogP contribution < -0.4 is 5.32 Å². The number of ether oxygens (including phenoxy) is 1. The molecule has 0 saturated carbocycles. The second kappa shape index (κ2) is 6.55. The molecule has 2 rings (SSSR count). The Morgan fingerprint density at radius 2 is 2.15 bits per heavy atom. The largest absolute Gasteiger partial charge is 0.506 e. The predicted molar refractivity (Wildman–Crippen MR) is 87.1 cm³/mol. The van der Waals surface area contributed by atoms with Crippen LogP contribution in [0.1, 0.15) is 5.69 Å². The molecule has 2 N–H and O–H groups in total. The smallest absolute Gasteiger partial charge is 0.161 e. The van der Waals surface area contributed by atoms with Crippen LogP contribution in [0.15, 0.2) is 18.2 Å². The molecule has 20 heavy (non-hydrogen) atoms. The Labute approximate surface area is 135 Å². The number of aromatic hydroxyl groups is 1. The molecule has 5 nitrogen and oxygen atoms in total. The zero-order chi connectivity index (χ0) is 14.7. The van der Waals surface area contributed by atoms with Gasteiger partial charge in [-0.2, -0.15) is 0 Å². The second-order valence-corrected chi connectivity index (χ2v) is 5.49. The second-order valence-electron chi connectivity index (χ2n) is 4.01. The maximum absolute atomic E-state index is 9.47. The van der Waals surface area contributed by atoms with Gasteiger partial charge in [-0.15, -0.1) is 0 Å². The monoisotopic (exact) mass is 405 g/mol. The third kappa shape index (κ3) is 3.13. The predicted octanol–water partition coefficient (Wildman–Crippen LogP) is 3.30. The number of hydrogen-bond donors (Lipinski definition) is 2. The number of rotatable bonds is 4. The summed E-state index contributed by atoms with van der Waals surface area (Å²) in [6.07, 6.45) is 0. The Bertz CT molecular complexity index is 637. The SMILES string of the molecule is CNc1nc(-c2ccc(O)c(Cl)c2)nc(COC)c1I. The summed E-state index contributed by atoms with van der Waals surface area (Å²) in [6, 6.07) is 4.88. The van der Waals surface area contributed by atoms with Gasteiger partial charge in [0.05, 0.1) is 20.9 Å². The number of halogens is 2. The van der Waals surface area contributed by atoms with Crippen molar-refractivity contribution >= 4 is 40.0 Å². The molecule has 7 heteroatoms. The number of nitrogens with one attached hydrogen (secondary N) is 1. The molecule has 0 amide bonds. The average Bonchev–Trinajstić information content (AvgIpc) is 2.44. The zero-order valence-corrected chi connectivity index (χ0v) is 13.9. The van der Waals surface area contributed by atoms with Crippen LogP contribution in [0, 0.1) is 3.57 Å². The molecule has 0 spiro atoms. The minimum absolute atomic E-state index is 0.0342. The summed E-state index contributed by atoms with van der Waals surface area (Å²) < 4.78 is 6.07. The van der Waals surface area contributed by atoms with Gasteiger partial charge in [0.1, 0.15) is 11.6 Å². The normalized spacial score (nSPS) is 10.6. The van der Waals surface area contributed by atoms with Crippen LogP contribution in [-0.4, -0.2) is 29.2 Å². The van der Waals surface area contributed by atoms with E-state index >= 15 is 0 Å². The van der Waals surface area contributed by atoms with Crippen LogP contribution in [0.5, 0.6) is 5.75 Å². The third-order valence-corrected chi connectivity index (χ3v) is 4.08. The summed E-state index contributed by atoms with van der Waals surface area (Å²) in [4.78, 5) is 8.94.